The Balaban J connectivity index is 1.99. The van der Waals surface area contributed by atoms with Crippen molar-refractivity contribution in [1.29, 1.82) is 0 Å². The molecule has 0 atom stereocenters. The number of hydrogen-bond acceptors (Lipinski definition) is 3. The Labute approximate surface area is 113 Å². The molecule has 19 heavy (non-hydrogen) atoms. The zero-order chi connectivity index (χ0) is 13.4. The second-order valence-electron chi connectivity index (χ2n) is 5.49. The van der Waals surface area contributed by atoms with E-state index in [4.69, 9.17) is 0 Å². The number of nitrogens with zero attached hydrogens (tertiary/aromatic N) is 3. The lowest BCUT2D eigenvalue weighted by molar-refractivity contribution is 0.0941. The van der Waals surface area contributed by atoms with Crippen LogP contribution >= 0.6 is 0 Å². The molecule has 0 spiro atoms. The number of rotatable bonds is 3. The van der Waals surface area contributed by atoms with Gasteiger partial charge >= 0.3 is 0 Å². The molecule has 2 aromatic heterocycles. The Morgan fingerprint density at radius 1 is 1.26 bits per heavy atom. The fourth-order valence-corrected chi connectivity index (χ4v) is 2.64. The zero-order valence-corrected chi connectivity index (χ0v) is 11.5. The van der Waals surface area contributed by atoms with E-state index in [2.05, 4.69) is 16.1 Å². The minimum Gasteiger partial charge on any atom is -0.370 e. The summed E-state index contributed by atoms with van der Waals surface area (Å²) in [4.78, 5) is 14.5. The van der Waals surface area contributed by atoms with Gasteiger partial charge in [0.1, 0.15) is 0 Å². The van der Waals surface area contributed by atoms with Crippen LogP contribution in [0.5, 0.6) is 0 Å². The van der Waals surface area contributed by atoms with E-state index in [0.717, 1.165) is 24.2 Å². The number of aromatic nitrogens is 2. The van der Waals surface area contributed by atoms with Gasteiger partial charge in [0.25, 0.3) is 0 Å². The molecule has 0 N–H and O–H groups in total. The number of anilines is 1. The Morgan fingerprint density at radius 2 is 2.00 bits per heavy atom. The van der Waals surface area contributed by atoms with E-state index in [9.17, 15) is 4.79 Å². The standard InChI is InChI=1S/C15H19N3O/c1-11(2)15(19)13-9-16-18-10-12(5-6-14(13)18)17-7-3-4-8-17/h5-6,9-11H,3-4,7-8H2,1-2H3. The molecule has 0 aliphatic carbocycles. The van der Waals surface area contributed by atoms with Gasteiger partial charge in [-0.1, -0.05) is 13.8 Å². The number of pyridine rings is 1. The van der Waals surface area contributed by atoms with Crippen LogP contribution in [0.3, 0.4) is 0 Å². The maximum absolute atomic E-state index is 12.1. The van der Waals surface area contributed by atoms with E-state index in [0.29, 0.717) is 0 Å². The van der Waals surface area contributed by atoms with Crippen molar-refractivity contribution in [2.45, 2.75) is 26.7 Å². The molecule has 3 heterocycles. The van der Waals surface area contributed by atoms with E-state index in [1.807, 2.05) is 30.6 Å². The third kappa shape index (κ3) is 2.11. The summed E-state index contributed by atoms with van der Waals surface area (Å²) in [5.41, 5.74) is 2.82. The molecule has 1 fully saturated rings. The van der Waals surface area contributed by atoms with Crippen molar-refractivity contribution in [2.24, 2.45) is 5.92 Å². The van der Waals surface area contributed by atoms with Crippen molar-refractivity contribution in [3.63, 3.8) is 0 Å². The van der Waals surface area contributed by atoms with E-state index >= 15 is 0 Å². The van der Waals surface area contributed by atoms with Crippen LogP contribution in [0, 0.1) is 5.92 Å². The average Bonchev–Trinajstić information content (AvgIpc) is 3.06. The van der Waals surface area contributed by atoms with Gasteiger partial charge in [-0.25, -0.2) is 4.52 Å². The number of hydrogen-bond donors (Lipinski definition) is 0. The maximum atomic E-state index is 12.1. The van der Waals surface area contributed by atoms with Crippen molar-refractivity contribution in [1.82, 2.24) is 9.61 Å². The van der Waals surface area contributed by atoms with Crippen LogP contribution in [0.4, 0.5) is 5.69 Å². The van der Waals surface area contributed by atoms with Crippen LogP contribution in [-0.4, -0.2) is 28.5 Å². The Kier molecular flexibility index (Phi) is 3.01. The highest BCUT2D eigenvalue weighted by atomic mass is 16.1. The molecule has 0 bridgehead atoms. The number of carbonyl (C=O) groups excluding carboxylic acids is 1. The molecular weight excluding hydrogens is 238 g/mol. The lowest BCUT2D eigenvalue weighted by Crippen LogP contribution is -2.18. The van der Waals surface area contributed by atoms with Crippen molar-refractivity contribution < 1.29 is 4.79 Å². The highest BCUT2D eigenvalue weighted by molar-refractivity contribution is 6.03. The molecule has 1 aliphatic rings. The number of fused-ring (bicyclic) bond motifs is 1. The monoisotopic (exact) mass is 257 g/mol. The average molecular weight is 257 g/mol. The number of carbonyl (C=O) groups is 1. The van der Waals surface area contributed by atoms with Crippen LogP contribution in [0.1, 0.15) is 37.0 Å². The topological polar surface area (TPSA) is 37.6 Å². The summed E-state index contributed by atoms with van der Waals surface area (Å²) in [6, 6.07) is 4.11. The van der Waals surface area contributed by atoms with Gasteiger partial charge in [-0.2, -0.15) is 5.10 Å². The summed E-state index contributed by atoms with van der Waals surface area (Å²) in [5.74, 6) is 0.162. The van der Waals surface area contributed by atoms with E-state index < -0.39 is 0 Å². The predicted octanol–water partition coefficient (Wildman–Crippen LogP) is 2.77. The Morgan fingerprint density at radius 3 is 2.68 bits per heavy atom. The predicted molar refractivity (Wildman–Crippen MR) is 75.8 cm³/mol. The molecule has 0 unspecified atom stereocenters. The van der Waals surface area contributed by atoms with Crippen molar-refractivity contribution >= 4 is 17.0 Å². The molecule has 0 amide bonds. The van der Waals surface area contributed by atoms with E-state index in [1.54, 1.807) is 6.20 Å². The maximum Gasteiger partial charge on any atom is 0.169 e. The first-order chi connectivity index (χ1) is 9.16. The first-order valence-electron chi connectivity index (χ1n) is 6.93. The fraction of sp³-hybridized carbons (Fsp3) is 0.467. The summed E-state index contributed by atoms with van der Waals surface area (Å²) in [6.07, 6.45) is 6.23. The molecule has 3 rings (SSSR count). The van der Waals surface area contributed by atoms with Crippen LogP contribution < -0.4 is 4.90 Å². The molecule has 1 saturated heterocycles. The number of ketones is 1. The van der Waals surface area contributed by atoms with Crippen LogP contribution in [0.15, 0.2) is 24.5 Å². The second kappa shape index (κ2) is 4.68. The SMILES string of the molecule is CC(C)C(=O)c1cnn2cc(N3CCCC3)ccc12. The highest BCUT2D eigenvalue weighted by Gasteiger charge is 2.17. The third-order valence-corrected chi connectivity index (χ3v) is 3.76. The normalized spacial score (nSPS) is 15.6. The first-order valence-corrected chi connectivity index (χ1v) is 6.93. The Hall–Kier alpha value is -1.84. The van der Waals surface area contributed by atoms with Gasteiger partial charge in [-0.3, -0.25) is 4.79 Å². The van der Waals surface area contributed by atoms with Gasteiger partial charge in [0, 0.05) is 19.0 Å². The van der Waals surface area contributed by atoms with Gasteiger partial charge in [-0.05, 0) is 25.0 Å². The van der Waals surface area contributed by atoms with E-state index in [1.165, 1.54) is 18.5 Å². The lowest BCUT2D eigenvalue weighted by Gasteiger charge is -2.17. The van der Waals surface area contributed by atoms with Crippen LogP contribution in [0.2, 0.25) is 0 Å². The summed E-state index contributed by atoms with van der Waals surface area (Å²) < 4.78 is 1.82. The van der Waals surface area contributed by atoms with Crippen molar-refractivity contribution in [2.75, 3.05) is 18.0 Å². The highest BCUT2D eigenvalue weighted by Crippen LogP contribution is 2.23. The zero-order valence-electron chi connectivity index (χ0n) is 11.5. The smallest absolute Gasteiger partial charge is 0.169 e. The van der Waals surface area contributed by atoms with Gasteiger partial charge < -0.3 is 4.90 Å². The summed E-state index contributed by atoms with van der Waals surface area (Å²) in [7, 11) is 0. The van der Waals surface area contributed by atoms with Gasteiger partial charge in [0.15, 0.2) is 5.78 Å². The molecule has 2 aromatic rings. The third-order valence-electron chi connectivity index (χ3n) is 3.76. The van der Waals surface area contributed by atoms with Crippen LogP contribution in [0.25, 0.3) is 5.52 Å². The first kappa shape index (κ1) is 12.2. The number of Topliss-reactive ketones (excluding diaryl/α,β-unsaturated/α-hetero) is 1. The molecule has 0 radical (unpaired) electrons. The molecule has 0 aromatic carbocycles. The fourth-order valence-electron chi connectivity index (χ4n) is 2.64. The van der Waals surface area contributed by atoms with Gasteiger partial charge in [0.05, 0.1) is 29.2 Å². The summed E-state index contributed by atoms with van der Waals surface area (Å²) in [5, 5.41) is 4.32. The molecule has 4 heteroatoms. The minimum atomic E-state index is 0.00580. The molecule has 0 saturated carbocycles. The van der Waals surface area contributed by atoms with E-state index in [-0.39, 0.29) is 11.7 Å². The molecule has 4 nitrogen and oxygen atoms in total. The quantitative estimate of drug-likeness (QED) is 0.793. The van der Waals surface area contributed by atoms with Crippen molar-refractivity contribution in [3.05, 3.63) is 30.1 Å². The lowest BCUT2D eigenvalue weighted by atomic mass is 10.0. The summed E-state index contributed by atoms with van der Waals surface area (Å²) >= 11 is 0. The Bertz CT molecular complexity index is 609. The van der Waals surface area contributed by atoms with Crippen molar-refractivity contribution in [3.8, 4) is 0 Å². The van der Waals surface area contributed by atoms with Crippen LogP contribution in [-0.2, 0) is 0 Å². The molecule has 1 aliphatic heterocycles. The van der Waals surface area contributed by atoms with Gasteiger partial charge in [-0.15, -0.1) is 0 Å². The molecule has 100 valence electrons. The second-order valence-corrected chi connectivity index (χ2v) is 5.49. The largest absolute Gasteiger partial charge is 0.370 e. The molecular formula is C15H19N3O. The summed E-state index contributed by atoms with van der Waals surface area (Å²) in [6.45, 7) is 6.07. The minimum absolute atomic E-state index is 0.00580. The van der Waals surface area contributed by atoms with Gasteiger partial charge in [0.2, 0.25) is 0 Å².